The fourth-order valence-electron chi connectivity index (χ4n) is 2.72. The van der Waals surface area contributed by atoms with Crippen molar-refractivity contribution in [3.63, 3.8) is 0 Å². The van der Waals surface area contributed by atoms with Crippen molar-refractivity contribution in [2.24, 2.45) is 0 Å². The highest BCUT2D eigenvalue weighted by Gasteiger charge is 2.23. The van der Waals surface area contributed by atoms with E-state index < -0.39 is 0 Å². The van der Waals surface area contributed by atoms with Gasteiger partial charge >= 0.3 is 0 Å². The highest BCUT2D eigenvalue weighted by molar-refractivity contribution is 5.38. The van der Waals surface area contributed by atoms with Crippen LogP contribution in [0, 0.1) is 6.92 Å². The van der Waals surface area contributed by atoms with E-state index >= 15 is 0 Å². The third-order valence-electron chi connectivity index (χ3n) is 3.99. The number of aryl methyl sites for hydroxylation is 1. The van der Waals surface area contributed by atoms with Crippen molar-refractivity contribution in [1.82, 2.24) is 15.1 Å². The first kappa shape index (κ1) is 15.2. The third-order valence-corrected chi connectivity index (χ3v) is 3.99. The molecule has 112 valence electrons. The summed E-state index contributed by atoms with van der Waals surface area (Å²) in [6, 6.07) is 4.72. The van der Waals surface area contributed by atoms with Gasteiger partial charge in [-0.3, -0.25) is 0 Å². The zero-order chi connectivity index (χ0) is 14.4. The van der Waals surface area contributed by atoms with Gasteiger partial charge in [-0.1, -0.05) is 0 Å². The summed E-state index contributed by atoms with van der Waals surface area (Å²) in [7, 11) is 3.98. The first-order valence-corrected chi connectivity index (χ1v) is 7.45. The second-order valence-electron chi connectivity index (χ2n) is 5.60. The van der Waals surface area contributed by atoms with Crippen LogP contribution in [0.3, 0.4) is 0 Å². The predicted octanol–water partition coefficient (Wildman–Crippen LogP) is 1.72. The molecule has 0 aromatic carbocycles. The van der Waals surface area contributed by atoms with Crippen LogP contribution >= 0.6 is 0 Å². The second kappa shape index (κ2) is 7.55. The molecule has 2 rings (SSSR count). The average molecular weight is 278 g/mol. The number of rotatable bonds is 6. The lowest BCUT2D eigenvalue weighted by atomic mass is 10.0. The van der Waals surface area contributed by atoms with Crippen molar-refractivity contribution >= 4 is 5.82 Å². The second-order valence-corrected chi connectivity index (χ2v) is 5.60. The fraction of sp³-hybridized carbons (Fsp3) is 0.733. The molecule has 1 unspecified atom stereocenters. The van der Waals surface area contributed by atoms with E-state index in [0.29, 0.717) is 6.04 Å². The molecule has 20 heavy (non-hydrogen) atoms. The van der Waals surface area contributed by atoms with Crippen molar-refractivity contribution in [2.75, 3.05) is 45.3 Å². The van der Waals surface area contributed by atoms with E-state index in [1.54, 1.807) is 7.11 Å². The minimum Gasteiger partial charge on any atom is -0.385 e. The van der Waals surface area contributed by atoms with Crippen molar-refractivity contribution in [1.29, 1.82) is 0 Å². The zero-order valence-corrected chi connectivity index (χ0v) is 12.9. The molecule has 1 aliphatic heterocycles. The molecule has 0 saturated carbocycles. The lowest BCUT2D eigenvalue weighted by molar-refractivity contribution is 0.158. The maximum absolute atomic E-state index is 5.13. The number of ether oxygens (including phenoxy) is 1. The Morgan fingerprint density at radius 3 is 2.95 bits per heavy atom. The molecule has 0 radical (unpaired) electrons. The Labute approximate surface area is 121 Å². The van der Waals surface area contributed by atoms with Gasteiger partial charge in [0.1, 0.15) is 0 Å². The zero-order valence-electron chi connectivity index (χ0n) is 12.9. The molecule has 1 atom stereocenters. The molecule has 1 saturated heterocycles. The minimum atomic E-state index is 0.601. The van der Waals surface area contributed by atoms with E-state index in [4.69, 9.17) is 4.74 Å². The molecular formula is C15H26N4O. The van der Waals surface area contributed by atoms with Gasteiger partial charge in [-0.2, -0.15) is 5.10 Å². The number of piperidine rings is 1. The number of anilines is 1. The van der Waals surface area contributed by atoms with Crippen molar-refractivity contribution < 1.29 is 4.74 Å². The minimum absolute atomic E-state index is 0.601. The average Bonchev–Trinajstić information content (AvgIpc) is 2.48. The monoisotopic (exact) mass is 278 g/mol. The number of methoxy groups -OCH3 is 1. The molecule has 1 aliphatic rings. The van der Waals surface area contributed by atoms with Crippen LogP contribution in [0.4, 0.5) is 5.82 Å². The van der Waals surface area contributed by atoms with E-state index in [9.17, 15) is 0 Å². The number of hydrogen-bond acceptors (Lipinski definition) is 5. The van der Waals surface area contributed by atoms with Crippen molar-refractivity contribution in [3.8, 4) is 0 Å². The van der Waals surface area contributed by atoms with E-state index in [1.165, 1.54) is 12.8 Å². The largest absolute Gasteiger partial charge is 0.385 e. The van der Waals surface area contributed by atoms with E-state index in [0.717, 1.165) is 44.2 Å². The van der Waals surface area contributed by atoms with Gasteiger partial charge in [0, 0.05) is 39.4 Å². The summed E-state index contributed by atoms with van der Waals surface area (Å²) in [6.45, 7) is 6.02. The van der Waals surface area contributed by atoms with Gasteiger partial charge in [0.05, 0.1) is 5.69 Å². The molecule has 0 spiro atoms. The van der Waals surface area contributed by atoms with E-state index in [2.05, 4.69) is 33.1 Å². The molecule has 5 heteroatoms. The van der Waals surface area contributed by atoms with Gasteiger partial charge in [0.15, 0.2) is 5.82 Å². The van der Waals surface area contributed by atoms with E-state index in [-0.39, 0.29) is 0 Å². The quantitative estimate of drug-likeness (QED) is 0.741. The molecule has 0 N–H and O–H groups in total. The Bertz CT molecular complexity index is 395. The summed E-state index contributed by atoms with van der Waals surface area (Å²) in [5, 5.41) is 8.47. The Morgan fingerprint density at radius 1 is 1.40 bits per heavy atom. The topological polar surface area (TPSA) is 41.5 Å². The highest BCUT2D eigenvalue weighted by Crippen LogP contribution is 2.20. The Kier molecular flexibility index (Phi) is 5.73. The predicted molar refractivity (Wildman–Crippen MR) is 81.1 cm³/mol. The highest BCUT2D eigenvalue weighted by atomic mass is 16.5. The standard InChI is InChI=1S/C15H26N4O/c1-13-7-8-15(17-16-13)19-10-4-6-14(12-19)18(2)9-5-11-20-3/h7-8,14H,4-6,9-12H2,1-3H3. The molecule has 1 aromatic heterocycles. The molecular weight excluding hydrogens is 252 g/mol. The van der Waals surface area contributed by atoms with Gasteiger partial charge in [-0.05, 0) is 45.4 Å². The Hall–Kier alpha value is -1.20. The number of hydrogen-bond donors (Lipinski definition) is 0. The Morgan fingerprint density at radius 2 is 2.25 bits per heavy atom. The molecule has 1 fully saturated rings. The number of nitrogens with zero attached hydrogens (tertiary/aromatic N) is 4. The van der Waals surface area contributed by atoms with Gasteiger partial charge in [-0.15, -0.1) is 5.10 Å². The first-order chi connectivity index (χ1) is 9.70. The van der Waals surface area contributed by atoms with Gasteiger partial charge in [0.25, 0.3) is 0 Å². The normalized spacial score (nSPS) is 19.6. The van der Waals surface area contributed by atoms with Crippen molar-refractivity contribution in [3.05, 3.63) is 17.8 Å². The molecule has 1 aromatic rings. The van der Waals surface area contributed by atoms with Gasteiger partial charge in [-0.25, -0.2) is 0 Å². The summed E-state index contributed by atoms with van der Waals surface area (Å²) < 4.78 is 5.13. The van der Waals surface area contributed by atoms with Gasteiger partial charge in [0.2, 0.25) is 0 Å². The summed E-state index contributed by atoms with van der Waals surface area (Å²) in [5.74, 6) is 1.01. The van der Waals surface area contributed by atoms with Crippen LogP contribution in [-0.4, -0.2) is 61.5 Å². The van der Waals surface area contributed by atoms with Crippen LogP contribution in [0.1, 0.15) is 25.0 Å². The Balaban J connectivity index is 1.89. The summed E-state index contributed by atoms with van der Waals surface area (Å²) in [4.78, 5) is 4.81. The van der Waals surface area contributed by atoms with Crippen LogP contribution < -0.4 is 4.90 Å². The summed E-state index contributed by atoms with van der Waals surface area (Å²) in [5.41, 5.74) is 0.971. The molecule has 0 aliphatic carbocycles. The van der Waals surface area contributed by atoms with Crippen LogP contribution in [0.5, 0.6) is 0 Å². The lowest BCUT2D eigenvalue weighted by Crippen LogP contribution is -2.47. The SMILES string of the molecule is COCCCN(C)C1CCCN(c2ccc(C)nn2)C1. The fourth-order valence-corrected chi connectivity index (χ4v) is 2.72. The molecule has 0 amide bonds. The van der Waals surface area contributed by atoms with Crippen LogP contribution in [0.2, 0.25) is 0 Å². The maximum Gasteiger partial charge on any atom is 0.151 e. The smallest absolute Gasteiger partial charge is 0.151 e. The number of likely N-dealkylation sites (N-methyl/N-ethyl adjacent to an activating group) is 1. The molecule has 5 nitrogen and oxygen atoms in total. The maximum atomic E-state index is 5.13. The summed E-state index contributed by atoms with van der Waals surface area (Å²) in [6.07, 6.45) is 3.57. The van der Waals surface area contributed by atoms with Crippen LogP contribution in [-0.2, 0) is 4.74 Å². The van der Waals surface area contributed by atoms with Gasteiger partial charge < -0.3 is 14.5 Å². The first-order valence-electron chi connectivity index (χ1n) is 7.45. The number of aromatic nitrogens is 2. The molecule has 2 heterocycles. The summed E-state index contributed by atoms with van der Waals surface area (Å²) >= 11 is 0. The lowest BCUT2D eigenvalue weighted by Gasteiger charge is -2.38. The van der Waals surface area contributed by atoms with Crippen LogP contribution in [0.25, 0.3) is 0 Å². The van der Waals surface area contributed by atoms with E-state index in [1.807, 2.05) is 13.0 Å². The molecule has 0 bridgehead atoms. The van der Waals surface area contributed by atoms with Crippen LogP contribution in [0.15, 0.2) is 12.1 Å². The third kappa shape index (κ3) is 4.15. The van der Waals surface area contributed by atoms with Crippen molar-refractivity contribution in [2.45, 2.75) is 32.2 Å².